The Kier molecular flexibility index (Phi) is 7.35. The maximum atomic E-state index is 11.4. The molecule has 0 spiro atoms. The Morgan fingerprint density at radius 2 is 2.08 bits per heavy atom. The van der Waals surface area contributed by atoms with Crippen LogP contribution < -0.4 is 5.73 Å². The molecule has 6 nitrogen and oxygen atoms in total. The van der Waals surface area contributed by atoms with E-state index in [4.69, 9.17) is 10.5 Å². The normalized spacial score (nSPS) is 11.9. The average molecular weight is 342 g/mol. The van der Waals surface area contributed by atoms with E-state index in [1.807, 2.05) is 37.3 Å². The molecular weight excluding hydrogens is 316 g/mol. The minimum Gasteiger partial charge on any atom is -0.383 e. The van der Waals surface area contributed by atoms with Gasteiger partial charge in [-0.2, -0.15) is 0 Å². The molecule has 1 aromatic carbocycles. The van der Waals surface area contributed by atoms with Crippen LogP contribution in [0, 0.1) is 6.92 Å². The SMILES string of the molecule is Cc1ncc(CN(C=O)C(C)CCCOCc2ccccc2)c(N)n1. The van der Waals surface area contributed by atoms with E-state index >= 15 is 0 Å². The number of ether oxygens (including phenoxy) is 1. The van der Waals surface area contributed by atoms with Crippen LogP contribution in [-0.4, -0.2) is 33.9 Å². The van der Waals surface area contributed by atoms with Crippen molar-refractivity contribution in [1.29, 1.82) is 0 Å². The Morgan fingerprint density at radius 1 is 1.32 bits per heavy atom. The summed E-state index contributed by atoms with van der Waals surface area (Å²) in [6, 6.07) is 10.2. The predicted molar refractivity (Wildman–Crippen MR) is 97.6 cm³/mol. The van der Waals surface area contributed by atoms with E-state index in [-0.39, 0.29) is 6.04 Å². The summed E-state index contributed by atoms with van der Waals surface area (Å²) in [5.74, 6) is 1.06. The molecule has 0 radical (unpaired) electrons. The van der Waals surface area contributed by atoms with E-state index in [2.05, 4.69) is 9.97 Å². The summed E-state index contributed by atoms with van der Waals surface area (Å²) >= 11 is 0. The number of aryl methyl sites for hydroxylation is 1. The van der Waals surface area contributed by atoms with Gasteiger partial charge in [-0.3, -0.25) is 4.79 Å². The number of aromatic nitrogens is 2. The van der Waals surface area contributed by atoms with E-state index in [0.717, 1.165) is 24.8 Å². The zero-order chi connectivity index (χ0) is 18.1. The molecule has 2 N–H and O–H groups in total. The van der Waals surface area contributed by atoms with Crippen LogP contribution in [0.3, 0.4) is 0 Å². The van der Waals surface area contributed by atoms with Gasteiger partial charge in [0.15, 0.2) is 0 Å². The molecule has 0 aliphatic heterocycles. The second kappa shape index (κ2) is 9.74. The molecule has 25 heavy (non-hydrogen) atoms. The molecule has 1 amide bonds. The molecule has 0 saturated heterocycles. The fraction of sp³-hybridized carbons (Fsp3) is 0.421. The number of anilines is 1. The second-order valence-corrected chi connectivity index (χ2v) is 6.13. The molecule has 6 heteroatoms. The van der Waals surface area contributed by atoms with Gasteiger partial charge >= 0.3 is 0 Å². The van der Waals surface area contributed by atoms with Crippen LogP contribution in [0.5, 0.6) is 0 Å². The molecular formula is C19H26N4O2. The van der Waals surface area contributed by atoms with Gasteiger partial charge < -0.3 is 15.4 Å². The summed E-state index contributed by atoms with van der Waals surface area (Å²) < 4.78 is 5.69. The summed E-state index contributed by atoms with van der Waals surface area (Å²) in [6.45, 7) is 5.51. The van der Waals surface area contributed by atoms with Crippen molar-refractivity contribution in [1.82, 2.24) is 14.9 Å². The number of hydrogen-bond donors (Lipinski definition) is 1. The van der Waals surface area contributed by atoms with Gasteiger partial charge in [-0.1, -0.05) is 30.3 Å². The summed E-state index contributed by atoms with van der Waals surface area (Å²) in [4.78, 5) is 21.4. The molecule has 1 aromatic heterocycles. The minimum atomic E-state index is 0.0959. The minimum absolute atomic E-state index is 0.0959. The lowest BCUT2D eigenvalue weighted by molar-refractivity contribution is -0.120. The predicted octanol–water partition coefficient (Wildman–Crippen LogP) is 2.71. The van der Waals surface area contributed by atoms with Crippen LogP contribution in [-0.2, 0) is 22.7 Å². The van der Waals surface area contributed by atoms with Crippen LogP contribution in [0.2, 0.25) is 0 Å². The van der Waals surface area contributed by atoms with Gasteiger partial charge in [0.1, 0.15) is 11.6 Å². The molecule has 1 atom stereocenters. The molecule has 0 saturated carbocycles. The van der Waals surface area contributed by atoms with Crippen molar-refractivity contribution in [3.63, 3.8) is 0 Å². The highest BCUT2D eigenvalue weighted by Crippen LogP contribution is 2.14. The number of rotatable bonds is 10. The monoisotopic (exact) mass is 342 g/mol. The zero-order valence-electron chi connectivity index (χ0n) is 14.9. The lowest BCUT2D eigenvalue weighted by Gasteiger charge is -2.25. The Labute approximate surface area is 149 Å². The van der Waals surface area contributed by atoms with E-state index in [1.54, 1.807) is 18.0 Å². The summed E-state index contributed by atoms with van der Waals surface area (Å²) in [5.41, 5.74) is 7.84. The molecule has 2 aromatic rings. The first-order valence-electron chi connectivity index (χ1n) is 8.51. The van der Waals surface area contributed by atoms with Crippen LogP contribution in [0.4, 0.5) is 5.82 Å². The third-order valence-electron chi connectivity index (χ3n) is 4.10. The average Bonchev–Trinajstić information content (AvgIpc) is 2.61. The van der Waals surface area contributed by atoms with Crippen LogP contribution in [0.25, 0.3) is 0 Å². The first-order valence-corrected chi connectivity index (χ1v) is 8.51. The first kappa shape index (κ1) is 18.9. The lowest BCUT2D eigenvalue weighted by atomic mass is 10.1. The summed E-state index contributed by atoms with van der Waals surface area (Å²) in [6.07, 6.45) is 4.29. The maximum absolute atomic E-state index is 11.4. The number of nitrogen functional groups attached to an aromatic ring is 1. The zero-order valence-corrected chi connectivity index (χ0v) is 14.9. The van der Waals surface area contributed by atoms with Crippen LogP contribution >= 0.6 is 0 Å². The number of carbonyl (C=O) groups excluding carboxylic acids is 1. The number of nitrogens with zero attached hydrogens (tertiary/aromatic N) is 3. The summed E-state index contributed by atoms with van der Waals surface area (Å²) in [5, 5.41) is 0. The fourth-order valence-corrected chi connectivity index (χ4v) is 2.54. The third kappa shape index (κ3) is 6.15. The van der Waals surface area contributed by atoms with Gasteiger partial charge in [0.2, 0.25) is 6.41 Å². The first-order chi connectivity index (χ1) is 12.1. The van der Waals surface area contributed by atoms with Crippen molar-refractivity contribution in [3.05, 3.63) is 53.5 Å². The van der Waals surface area contributed by atoms with E-state index in [1.165, 1.54) is 5.56 Å². The standard InChI is InChI=1S/C19H26N4O2/c1-15(7-6-10-25-13-17-8-4-3-5-9-17)23(14-24)12-18-11-21-16(2)22-19(18)20/h3-5,8-9,11,14-15H,6-7,10,12-13H2,1-2H3,(H2,20,21,22). The quantitative estimate of drug-likeness (QED) is 0.530. The van der Waals surface area contributed by atoms with Crippen molar-refractivity contribution >= 4 is 12.2 Å². The fourth-order valence-electron chi connectivity index (χ4n) is 2.54. The smallest absolute Gasteiger partial charge is 0.210 e. The van der Waals surface area contributed by atoms with Crippen LogP contribution in [0.15, 0.2) is 36.5 Å². The second-order valence-electron chi connectivity index (χ2n) is 6.13. The van der Waals surface area contributed by atoms with Crippen molar-refractivity contribution in [3.8, 4) is 0 Å². The van der Waals surface area contributed by atoms with Crippen molar-refractivity contribution in [2.24, 2.45) is 0 Å². The number of carbonyl (C=O) groups is 1. The molecule has 0 aliphatic carbocycles. The van der Waals surface area contributed by atoms with Crippen molar-refractivity contribution in [2.75, 3.05) is 12.3 Å². The highest BCUT2D eigenvalue weighted by molar-refractivity contribution is 5.49. The molecule has 0 aliphatic rings. The van der Waals surface area contributed by atoms with E-state index in [0.29, 0.717) is 31.4 Å². The molecule has 0 fully saturated rings. The van der Waals surface area contributed by atoms with Crippen LogP contribution in [0.1, 0.15) is 36.7 Å². The Morgan fingerprint density at radius 3 is 2.76 bits per heavy atom. The molecule has 134 valence electrons. The van der Waals surface area contributed by atoms with Gasteiger partial charge in [0, 0.05) is 24.4 Å². The highest BCUT2D eigenvalue weighted by Gasteiger charge is 2.14. The van der Waals surface area contributed by atoms with Gasteiger partial charge in [-0.15, -0.1) is 0 Å². The highest BCUT2D eigenvalue weighted by atomic mass is 16.5. The molecule has 0 bridgehead atoms. The van der Waals surface area contributed by atoms with E-state index < -0.39 is 0 Å². The molecule has 2 rings (SSSR count). The maximum Gasteiger partial charge on any atom is 0.210 e. The number of benzene rings is 1. The molecule has 1 unspecified atom stereocenters. The number of hydrogen-bond acceptors (Lipinski definition) is 5. The van der Waals surface area contributed by atoms with Gasteiger partial charge in [0.25, 0.3) is 0 Å². The Bertz CT molecular complexity index is 664. The summed E-state index contributed by atoms with van der Waals surface area (Å²) in [7, 11) is 0. The topological polar surface area (TPSA) is 81.3 Å². The lowest BCUT2D eigenvalue weighted by Crippen LogP contribution is -2.32. The number of nitrogens with two attached hydrogens (primary N) is 1. The van der Waals surface area contributed by atoms with Crippen molar-refractivity contribution < 1.29 is 9.53 Å². The van der Waals surface area contributed by atoms with E-state index in [9.17, 15) is 4.79 Å². The van der Waals surface area contributed by atoms with Crippen molar-refractivity contribution in [2.45, 2.75) is 45.9 Å². The largest absolute Gasteiger partial charge is 0.383 e. The van der Waals surface area contributed by atoms with Gasteiger partial charge in [-0.05, 0) is 32.3 Å². The Hall–Kier alpha value is -2.47. The van der Waals surface area contributed by atoms with Gasteiger partial charge in [0.05, 0.1) is 13.2 Å². The third-order valence-corrected chi connectivity index (χ3v) is 4.10. The Balaban J connectivity index is 1.74. The van der Waals surface area contributed by atoms with Gasteiger partial charge in [-0.25, -0.2) is 9.97 Å². The molecule has 1 heterocycles. The number of amides is 1.